The van der Waals surface area contributed by atoms with Gasteiger partial charge in [0, 0.05) is 26.1 Å². The van der Waals surface area contributed by atoms with E-state index in [9.17, 15) is 9.59 Å². The van der Waals surface area contributed by atoms with Gasteiger partial charge in [0.2, 0.25) is 5.91 Å². The highest BCUT2D eigenvalue weighted by Crippen LogP contribution is 2.11. The van der Waals surface area contributed by atoms with Crippen molar-refractivity contribution in [2.24, 2.45) is 0 Å². The summed E-state index contributed by atoms with van der Waals surface area (Å²) in [5.41, 5.74) is -0.206. The Balaban J connectivity index is 2.97. The molecule has 2 N–H and O–H groups in total. The Hall–Kier alpha value is -1.85. The lowest BCUT2D eigenvalue weighted by Crippen LogP contribution is -2.34. The molecule has 1 amide bonds. The number of amides is 1. The van der Waals surface area contributed by atoms with Crippen LogP contribution in [0.3, 0.4) is 0 Å². The van der Waals surface area contributed by atoms with E-state index in [1.54, 1.807) is 19.0 Å². The summed E-state index contributed by atoms with van der Waals surface area (Å²) in [5, 5.41) is 2.52. The van der Waals surface area contributed by atoms with E-state index in [4.69, 9.17) is 0 Å². The van der Waals surface area contributed by atoms with Crippen molar-refractivity contribution in [3.05, 3.63) is 22.2 Å². The summed E-state index contributed by atoms with van der Waals surface area (Å²) in [4.78, 5) is 31.3. The second kappa shape index (κ2) is 5.47. The van der Waals surface area contributed by atoms with Crippen molar-refractivity contribution in [1.29, 1.82) is 0 Å². The van der Waals surface area contributed by atoms with Crippen LogP contribution in [0, 0.1) is 0 Å². The quantitative estimate of drug-likeness (QED) is 0.778. The molecule has 6 nitrogen and oxygen atoms in total. The number of hydrogen-bond donors (Lipinski definition) is 2. The van der Waals surface area contributed by atoms with E-state index in [0.717, 1.165) is 0 Å². The van der Waals surface area contributed by atoms with E-state index in [1.165, 1.54) is 6.07 Å². The van der Waals surface area contributed by atoms with Crippen LogP contribution in [0.15, 0.2) is 10.9 Å². The second-order valence-corrected chi connectivity index (χ2v) is 4.17. The number of rotatable bonds is 4. The van der Waals surface area contributed by atoms with Gasteiger partial charge in [-0.2, -0.15) is 0 Å². The SMILES string of the molecule is CNC(=O)CN(C)c1cc(=O)[nH]c(C(C)C)n1. The van der Waals surface area contributed by atoms with Gasteiger partial charge in [0.1, 0.15) is 11.6 Å². The number of nitrogens with one attached hydrogen (secondary N) is 2. The molecule has 1 heterocycles. The fourth-order valence-electron chi connectivity index (χ4n) is 1.31. The molecule has 0 spiro atoms. The largest absolute Gasteiger partial charge is 0.358 e. The maximum atomic E-state index is 11.5. The number of anilines is 1. The van der Waals surface area contributed by atoms with Crippen LogP contribution in [-0.2, 0) is 4.79 Å². The molecule has 0 bridgehead atoms. The molecule has 0 atom stereocenters. The van der Waals surface area contributed by atoms with Crippen molar-refractivity contribution < 1.29 is 4.79 Å². The zero-order valence-electron chi connectivity index (χ0n) is 10.6. The van der Waals surface area contributed by atoms with Gasteiger partial charge in [-0.05, 0) is 0 Å². The Kier molecular flexibility index (Phi) is 4.25. The third-order valence-electron chi connectivity index (χ3n) is 2.34. The molecule has 0 unspecified atom stereocenters. The van der Waals surface area contributed by atoms with Crippen molar-refractivity contribution >= 4 is 11.7 Å². The first-order chi connectivity index (χ1) is 7.93. The third kappa shape index (κ3) is 3.58. The average Bonchev–Trinajstić information content (AvgIpc) is 2.27. The maximum absolute atomic E-state index is 11.5. The van der Waals surface area contributed by atoms with Gasteiger partial charge in [0.05, 0.1) is 6.54 Å². The Labute approximate surface area is 100 Å². The Bertz CT molecular complexity index is 453. The van der Waals surface area contributed by atoms with Gasteiger partial charge in [0.15, 0.2) is 0 Å². The zero-order chi connectivity index (χ0) is 13.0. The molecule has 0 saturated heterocycles. The van der Waals surface area contributed by atoms with Crippen molar-refractivity contribution in [2.45, 2.75) is 19.8 Å². The number of carbonyl (C=O) groups is 1. The Morgan fingerprint density at radius 2 is 2.24 bits per heavy atom. The van der Waals surface area contributed by atoms with Crippen LogP contribution in [0.1, 0.15) is 25.6 Å². The minimum absolute atomic E-state index is 0.124. The number of carbonyl (C=O) groups excluding carboxylic acids is 1. The normalized spacial score (nSPS) is 10.4. The minimum Gasteiger partial charge on any atom is -0.358 e. The molecule has 1 aromatic heterocycles. The van der Waals surface area contributed by atoms with Gasteiger partial charge in [-0.3, -0.25) is 9.59 Å². The second-order valence-electron chi connectivity index (χ2n) is 4.17. The highest BCUT2D eigenvalue weighted by atomic mass is 16.2. The van der Waals surface area contributed by atoms with Crippen molar-refractivity contribution in [3.8, 4) is 0 Å². The summed E-state index contributed by atoms with van der Waals surface area (Å²) >= 11 is 0. The van der Waals surface area contributed by atoms with Gasteiger partial charge in [-0.25, -0.2) is 4.98 Å². The average molecular weight is 238 g/mol. The van der Waals surface area contributed by atoms with Crippen LogP contribution in [0.25, 0.3) is 0 Å². The summed E-state index contributed by atoms with van der Waals surface area (Å²) < 4.78 is 0. The number of nitrogens with zero attached hydrogens (tertiary/aromatic N) is 2. The van der Waals surface area contributed by atoms with Crippen LogP contribution in [0.5, 0.6) is 0 Å². The van der Waals surface area contributed by atoms with E-state index >= 15 is 0 Å². The molecule has 0 aliphatic carbocycles. The molecular weight excluding hydrogens is 220 g/mol. The molecule has 0 aliphatic heterocycles. The molecule has 1 rings (SSSR count). The highest BCUT2D eigenvalue weighted by molar-refractivity contribution is 5.80. The van der Waals surface area contributed by atoms with Crippen molar-refractivity contribution in [3.63, 3.8) is 0 Å². The summed E-state index contributed by atoms with van der Waals surface area (Å²) in [6.45, 7) is 4.06. The Morgan fingerprint density at radius 1 is 1.59 bits per heavy atom. The van der Waals surface area contributed by atoms with E-state index in [2.05, 4.69) is 15.3 Å². The molecule has 0 aromatic carbocycles. The fraction of sp³-hybridized carbons (Fsp3) is 0.545. The van der Waals surface area contributed by atoms with Gasteiger partial charge >= 0.3 is 0 Å². The third-order valence-corrected chi connectivity index (χ3v) is 2.34. The standard InChI is InChI=1S/C11H18N4O2/c1-7(2)11-13-8(5-9(16)14-11)15(4)6-10(17)12-3/h5,7H,6H2,1-4H3,(H,12,17)(H,13,14,16). The summed E-state index contributed by atoms with van der Waals surface area (Å²) in [7, 11) is 3.29. The first-order valence-corrected chi connectivity index (χ1v) is 5.47. The number of H-pyrrole nitrogens is 1. The van der Waals surface area contributed by atoms with Gasteiger partial charge < -0.3 is 15.2 Å². The molecule has 17 heavy (non-hydrogen) atoms. The number of hydrogen-bond acceptors (Lipinski definition) is 4. The van der Waals surface area contributed by atoms with Gasteiger partial charge in [-0.15, -0.1) is 0 Å². The van der Waals surface area contributed by atoms with E-state index in [-0.39, 0.29) is 23.9 Å². The van der Waals surface area contributed by atoms with Gasteiger partial charge in [-0.1, -0.05) is 13.8 Å². The van der Waals surface area contributed by atoms with Crippen LogP contribution < -0.4 is 15.8 Å². The molecular formula is C11H18N4O2. The van der Waals surface area contributed by atoms with Crippen LogP contribution >= 0.6 is 0 Å². The van der Waals surface area contributed by atoms with Gasteiger partial charge in [0.25, 0.3) is 5.56 Å². The highest BCUT2D eigenvalue weighted by Gasteiger charge is 2.10. The molecule has 6 heteroatoms. The Morgan fingerprint density at radius 3 is 2.76 bits per heavy atom. The monoisotopic (exact) mass is 238 g/mol. The van der Waals surface area contributed by atoms with E-state index < -0.39 is 0 Å². The molecule has 94 valence electrons. The molecule has 0 aliphatic rings. The summed E-state index contributed by atoms with van der Waals surface area (Å²) in [6, 6.07) is 1.38. The summed E-state index contributed by atoms with van der Waals surface area (Å²) in [5.74, 6) is 1.13. The molecule has 0 fully saturated rings. The van der Waals surface area contributed by atoms with E-state index in [0.29, 0.717) is 11.6 Å². The smallest absolute Gasteiger partial charge is 0.252 e. The number of likely N-dealkylation sites (N-methyl/N-ethyl adjacent to an activating group) is 2. The lowest BCUT2D eigenvalue weighted by Gasteiger charge is -2.17. The molecule has 1 aromatic rings. The van der Waals surface area contributed by atoms with Crippen molar-refractivity contribution in [1.82, 2.24) is 15.3 Å². The fourth-order valence-corrected chi connectivity index (χ4v) is 1.31. The van der Waals surface area contributed by atoms with E-state index in [1.807, 2.05) is 13.8 Å². The predicted octanol–water partition coefficient (Wildman–Crippen LogP) is 0.0755. The summed E-state index contributed by atoms with van der Waals surface area (Å²) in [6.07, 6.45) is 0. The van der Waals surface area contributed by atoms with Crippen LogP contribution in [-0.4, -0.2) is 36.5 Å². The first-order valence-electron chi connectivity index (χ1n) is 5.47. The van der Waals surface area contributed by atoms with Crippen LogP contribution in [0.2, 0.25) is 0 Å². The number of aromatic nitrogens is 2. The lowest BCUT2D eigenvalue weighted by molar-refractivity contribution is -0.119. The maximum Gasteiger partial charge on any atom is 0.252 e. The van der Waals surface area contributed by atoms with Crippen molar-refractivity contribution in [2.75, 3.05) is 25.5 Å². The predicted molar refractivity (Wildman–Crippen MR) is 66.3 cm³/mol. The lowest BCUT2D eigenvalue weighted by atomic mass is 10.2. The number of aromatic amines is 1. The molecule has 0 saturated carbocycles. The minimum atomic E-state index is -0.206. The topological polar surface area (TPSA) is 78.1 Å². The van der Waals surface area contributed by atoms with Crippen LogP contribution in [0.4, 0.5) is 5.82 Å². The first kappa shape index (κ1) is 13.2. The zero-order valence-corrected chi connectivity index (χ0v) is 10.6. The molecule has 0 radical (unpaired) electrons.